The van der Waals surface area contributed by atoms with E-state index < -0.39 is 11.9 Å². The lowest BCUT2D eigenvalue weighted by molar-refractivity contribution is -0.143. The summed E-state index contributed by atoms with van der Waals surface area (Å²) in [5.41, 5.74) is 3.65. The Balaban J connectivity index is 1.59. The second-order valence-corrected chi connectivity index (χ2v) is 8.26. The minimum absolute atomic E-state index is 0.157. The van der Waals surface area contributed by atoms with Gasteiger partial charge < -0.3 is 18.9 Å². The molecule has 0 aromatic heterocycles. The third-order valence-electron chi connectivity index (χ3n) is 5.06. The Hall–Kier alpha value is -3.91. The van der Waals surface area contributed by atoms with Crippen LogP contribution in [-0.4, -0.2) is 38.2 Å². The van der Waals surface area contributed by atoms with Crippen LogP contribution in [0.3, 0.4) is 0 Å². The Kier molecular flexibility index (Phi) is 7.62. The number of benzene rings is 3. The molecule has 3 aromatic rings. The first-order chi connectivity index (χ1) is 17.0. The molecule has 7 nitrogen and oxygen atoms in total. The maximum absolute atomic E-state index is 12.5. The van der Waals surface area contributed by atoms with Crippen LogP contribution in [0.1, 0.15) is 18.1 Å². The van der Waals surface area contributed by atoms with Crippen molar-refractivity contribution in [2.45, 2.75) is 6.92 Å². The first-order valence-electron chi connectivity index (χ1n) is 10.8. The fourth-order valence-corrected chi connectivity index (χ4v) is 3.96. The number of carbonyl (C=O) groups is 2. The van der Waals surface area contributed by atoms with Gasteiger partial charge in [-0.3, -0.25) is 0 Å². The van der Waals surface area contributed by atoms with Gasteiger partial charge in [-0.25, -0.2) is 14.6 Å². The first kappa shape index (κ1) is 24.2. The van der Waals surface area contributed by atoms with Crippen LogP contribution in [0, 0.1) is 0 Å². The molecule has 35 heavy (non-hydrogen) atoms. The average molecular weight is 536 g/mol. The van der Waals surface area contributed by atoms with Crippen molar-refractivity contribution in [2.75, 3.05) is 20.3 Å². The van der Waals surface area contributed by atoms with Crippen LogP contribution in [0.5, 0.6) is 11.5 Å². The van der Waals surface area contributed by atoms with Gasteiger partial charge in [-0.1, -0.05) is 42.5 Å². The number of esters is 2. The van der Waals surface area contributed by atoms with E-state index in [1.807, 2.05) is 61.5 Å². The van der Waals surface area contributed by atoms with E-state index in [0.29, 0.717) is 33.7 Å². The largest absolute Gasteiger partial charge is 0.490 e. The van der Waals surface area contributed by atoms with E-state index in [0.717, 1.165) is 11.1 Å². The fraction of sp³-hybridized carbons (Fsp3) is 0.148. The number of hydrogen-bond acceptors (Lipinski definition) is 7. The van der Waals surface area contributed by atoms with Crippen molar-refractivity contribution in [2.24, 2.45) is 4.99 Å². The van der Waals surface area contributed by atoms with Crippen molar-refractivity contribution < 1.29 is 28.5 Å². The molecular formula is C27H22BrNO6. The summed E-state index contributed by atoms with van der Waals surface area (Å²) in [7, 11) is 1.28. The summed E-state index contributed by atoms with van der Waals surface area (Å²) in [6, 6.07) is 21.1. The molecule has 0 saturated carbocycles. The van der Waals surface area contributed by atoms with Gasteiger partial charge >= 0.3 is 11.9 Å². The summed E-state index contributed by atoms with van der Waals surface area (Å²) in [5, 5.41) is 0. The molecule has 0 fully saturated rings. The third-order valence-corrected chi connectivity index (χ3v) is 5.65. The number of aliphatic imine (C=N–C) groups is 1. The van der Waals surface area contributed by atoms with Crippen LogP contribution in [0.4, 0.5) is 0 Å². The van der Waals surface area contributed by atoms with Gasteiger partial charge in [0.1, 0.15) is 0 Å². The fourth-order valence-electron chi connectivity index (χ4n) is 3.39. The molecule has 0 saturated heterocycles. The zero-order valence-electron chi connectivity index (χ0n) is 19.1. The van der Waals surface area contributed by atoms with Crippen molar-refractivity contribution in [1.82, 2.24) is 0 Å². The lowest BCUT2D eigenvalue weighted by Gasteiger charge is -2.14. The van der Waals surface area contributed by atoms with Gasteiger partial charge in [0.2, 0.25) is 5.90 Å². The molecule has 8 heteroatoms. The monoisotopic (exact) mass is 535 g/mol. The number of nitrogens with zero attached hydrogens (tertiary/aromatic N) is 1. The quantitative estimate of drug-likeness (QED) is 0.283. The molecule has 0 radical (unpaired) electrons. The number of halogens is 1. The van der Waals surface area contributed by atoms with Crippen LogP contribution >= 0.6 is 15.9 Å². The Bertz CT molecular complexity index is 1300. The lowest BCUT2D eigenvalue weighted by Crippen LogP contribution is -2.13. The zero-order valence-corrected chi connectivity index (χ0v) is 20.7. The Morgan fingerprint density at radius 3 is 2.37 bits per heavy atom. The highest BCUT2D eigenvalue weighted by atomic mass is 79.9. The van der Waals surface area contributed by atoms with Gasteiger partial charge in [-0.15, -0.1) is 0 Å². The molecule has 0 unspecified atom stereocenters. The lowest BCUT2D eigenvalue weighted by atomic mass is 10.0. The maximum atomic E-state index is 12.5. The summed E-state index contributed by atoms with van der Waals surface area (Å²) in [4.78, 5) is 28.4. The van der Waals surface area contributed by atoms with E-state index in [-0.39, 0.29) is 18.2 Å². The van der Waals surface area contributed by atoms with Gasteiger partial charge in [0.25, 0.3) is 0 Å². The van der Waals surface area contributed by atoms with Crippen LogP contribution in [-0.2, 0) is 19.1 Å². The second kappa shape index (κ2) is 11.0. The summed E-state index contributed by atoms with van der Waals surface area (Å²) in [6.45, 7) is 1.94. The molecule has 1 aliphatic rings. The van der Waals surface area contributed by atoms with Crippen molar-refractivity contribution >= 4 is 39.8 Å². The van der Waals surface area contributed by atoms with Crippen LogP contribution in [0.25, 0.3) is 17.2 Å². The summed E-state index contributed by atoms with van der Waals surface area (Å²) < 4.78 is 21.8. The maximum Gasteiger partial charge on any atom is 0.363 e. The number of ether oxygens (including phenoxy) is 4. The van der Waals surface area contributed by atoms with Crippen molar-refractivity contribution in [3.63, 3.8) is 0 Å². The first-order valence-corrected chi connectivity index (χ1v) is 11.6. The Labute approximate surface area is 211 Å². The molecule has 178 valence electrons. The van der Waals surface area contributed by atoms with Crippen molar-refractivity contribution in [3.8, 4) is 22.6 Å². The van der Waals surface area contributed by atoms with E-state index in [4.69, 9.17) is 14.2 Å². The predicted octanol–water partition coefficient (Wildman–Crippen LogP) is 5.41. The summed E-state index contributed by atoms with van der Waals surface area (Å²) in [6.07, 6.45) is 1.60. The van der Waals surface area contributed by atoms with Gasteiger partial charge in [-0.2, -0.15) is 0 Å². The van der Waals surface area contributed by atoms with Gasteiger partial charge in [-0.05, 0) is 69.9 Å². The minimum Gasteiger partial charge on any atom is -0.490 e. The minimum atomic E-state index is -0.549. The number of carbonyl (C=O) groups excluding carboxylic acids is 2. The number of cyclic esters (lactones) is 1. The predicted molar refractivity (Wildman–Crippen MR) is 135 cm³/mol. The molecule has 4 rings (SSSR count). The number of methoxy groups -OCH3 is 1. The van der Waals surface area contributed by atoms with E-state index in [1.54, 1.807) is 18.2 Å². The Morgan fingerprint density at radius 1 is 1.00 bits per heavy atom. The number of rotatable bonds is 8. The summed E-state index contributed by atoms with van der Waals surface area (Å²) in [5.74, 6) is -0.0612. The van der Waals surface area contributed by atoms with Gasteiger partial charge in [0.15, 0.2) is 23.8 Å². The standard InChI is InChI=1S/C27H22BrNO6/c1-3-33-23-15-17(13-21(28)25(23)34-16-24(30)32-2)14-22-27(31)35-26(29-22)20-11-9-19(10-12-20)18-7-5-4-6-8-18/h4-15H,3,16H2,1-2H3/b22-14-. The molecule has 0 bridgehead atoms. The zero-order chi connectivity index (χ0) is 24.8. The van der Waals surface area contributed by atoms with Crippen molar-refractivity contribution in [3.05, 3.63) is 88.0 Å². The van der Waals surface area contributed by atoms with Crippen LogP contribution < -0.4 is 9.47 Å². The highest BCUT2D eigenvalue weighted by Gasteiger charge is 2.24. The van der Waals surface area contributed by atoms with E-state index in [2.05, 4.69) is 25.7 Å². The van der Waals surface area contributed by atoms with E-state index in [9.17, 15) is 9.59 Å². The van der Waals surface area contributed by atoms with Crippen molar-refractivity contribution in [1.29, 1.82) is 0 Å². The second-order valence-electron chi connectivity index (χ2n) is 7.41. The third kappa shape index (κ3) is 5.78. The van der Waals surface area contributed by atoms with Crippen LogP contribution in [0.15, 0.2) is 81.9 Å². The normalized spacial score (nSPS) is 13.9. The smallest absolute Gasteiger partial charge is 0.363 e. The average Bonchev–Trinajstić information content (AvgIpc) is 3.24. The molecule has 0 N–H and O–H groups in total. The highest BCUT2D eigenvalue weighted by Crippen LogP contribution is 2.38. The van der Waals surface area contributed by atoms with Gasteiger partial charge in [0.05, 0.1) is 18.2 Å². The van der Waals surface area contributed by atoms with Gasteiger partial charge in [0, 0.05) is 5.56 Å². The number of hydrogen-bond donors (Lipinski definition) is 0. The molecule has 0 amide bonds. The van der Waals surface area contributed by atoms with E-state index >= 15 is 0 Å². The SMILES string of the molecule is CCOc1cc(/C=C2\N=C(c3ccc(-c4ccccc4)cc3)OC2=O)cc(Br)c1OCC(=O)OC. The molecule has 1 heterocycles. The van der Waals surface area contributed by atoms with Crippen LogP contribution in [0.2, 0.25) is 0 Å². The summed E-state index contributed by atoms with van der Waals surface area (Å²) >= 11 is 3.44. The van der Waals surface area contributed by atoms with E-state index in [1.165, 1.54) is 7.11 Å². The molecule has 0 spiro atoms. The highest BCUT2D eigenvalue weighted by molar-refractivity contribution is 9.10. The molecule has 1 aliphatic heterocycles. The molecule has 3 aromatic carbocycles. The topological polar surface area (TPSA) is 83.4 Å². The molecular weight excluding hydrogens is 514 g/mol. The Morgan fingerprint density at radius 2 is 1.69 bits per heavy atom. The molecule has 0 atom stereocenters. The molecule has 0 aliphatic carbocycles.